The molecule has 0 spiro atoms. The minimum atomic E-state index is 0.632. The van der Waals surface area contributed by atoms with Gasteiger partial charge in [0.25, 0.3) is 0 Å². The number of aryl methyl sites for hydroxylation is 1. The summed E-state index contributed by atoms with van der Waals surface area (Å²) in [6, 6.07) is 15.6. The Morgan fingerprint density at radius 1 is 1.03 bits per heavy atom. The van der Waals surface area contributed by atoms with Gasteiger partial charge in [-0.25, -0.2) is 0 Å². The van der Waals surface area contributed by atoms with Crippen LogP contribution in [0.4, 0.5) is 11.4 Å². The van der Waals surface area contributed by atoms with Gasteiger partial charge in [-0.05, 0) is 71.7 Å². The van der Waals surface area contributed by atoms with Crippen molar-refractivity contribution in [3.05, 3.63) is 96.1 Å². The fourth-order valence-electron chi connectivity index (χ4n) is 4.14. The van der Waals surface area contributed by atoms with Gasteiger partial charge in [0, 0.05) is 24.1 Å². The first-order chi connectivity index (χ1) is 15.6. The highest BCUT2D eigenvalue weighted by molar-refractivity contribution is 5.80. The minimum absolute atomic E-state index is 0.632. The molecule has 0 saturated carbocycles. The Morgan fingerprint density at radius 3 is 2.34 bits per heavy atom. The second-order valence-electron chi connectivity index (χ2n) is 8.63. The molecule has 1 N–H and O–H groups in total. The van der Waals surface area contributed by atoms with Crippen LogP contribution < -0.4 is 4.90 Å². The Hall–Kier alpha value is -2.87. The Kier molecular flexibility index (Phi) is 10.7. The lowest BCUT2D eigenvalue weighted by Crippen LogP contribution is -2.21. The van der Waals surface area contributed by atoms with Gasteiger partial charge in [0.2, 0.25) is 0 Å². The fourth-order valence-corrected chi connectivity index (χ4v) is 4.14. The number of allylic oxidation sites excluding steroid dienone is 3. The number of anilines is 2. The number of nitrogens with one attached hydrogen (secondary N) is 1. The maximum Gasteiger partial charge on any atom is 0.0496 e. The molecule has 2 aromatic carbocycles. The van der Waals surface area contributed by atoms with Crippen molar-refractivity contribution in [3.8, 4) is 0 Å². The molecule has 0 aliphatic heterocycles. The van der Waals surface area contributed by atoms with E-state index in [4.69, 9.17) is 5.41 Å². The van der Waals surface area contributed by atoms with E-state index in [0.29, 0.717) is 12.5 Å². The highest BCUT2D eigenvalue weighted by Crippen LogP contribution is 2.30. The first kappa shape index (κ1) is 25.4. The van der Waals surface area contributed by atoms with Gasteiger partial charge in [-0.2, -0.15) is 0 Å². The molecule has 0 bridgehead atoms. The largest absolute Gasteiger partial charge is 0.337 e. The van der Waals surface area contributed by atoms with Gasteiger partial charge >= 0.3 is 0 Å². The van der Waals surface area contributed by atoms with Crippen LogP contribution >= 0.6 is 0 Å². The van der Waals surface area contributed by atoms with E-state index < -0.39 is 0 Å². The van der Waals surface area contributed by atoms with Gasteiger partial charge in [-0.1, -0.05) is 83.0 Å². The van der Waals surface area contributed by atoms with Gasteiger partial charge in [0.05, 0.1) is 0 Å². The van der Waals surface area contributed by atoms with E-state index in [1.807, 2.05) is 12.2 Å². The van der Waals surface area contributed by atoms with Crippen LogP contribution in [-0.4, -0.2) is 12.8 Å². The normalized spacial score (nSPS) is 12.3. The monoisotopic (exact) mass is 428 g/mol. The summed E-state index contributed by atoms with van der Waals surface area (Å²) in [6.45, 7) is 15.2. The van der Waals surface area contributed by atoms with Gasteiger partial charge in [-0.15, -0.1) is 6.58 Å². The smallest absolute Gasteiger partial charge is 0.0496 e. The van der Waals surface area contributed by atoms with E-state index >= 15 is 0 Å². The lowest BCUT2D eigenvalue weighted by molar-refractivity contribution is 0.502. The highest BCUT2D eigenvalue weighted by atomic mass is 15.1. The summed E-state index contributed by atoms with van der Waals surface area (Å²) < 4.78 is 0. The number of nitrogens with zero attached hydrogens (tertiary/aromatic N) is 1. The lowest BCUT2D eigenvalue weighted by Gasteiger charge is -2.27. The number of unbranched alkanes of at least 4 members (excludes halogenated alkanes) is 1. The van der Waals surface area contributed by atoms with E-state index in [0.717, 1.165) is 30.5 Å². The predicted molar refractivity (Wildman–Crippen MR) is 143 cm³/mol. The van der Waals surface area contributed by atoms with Crippen LogP contribution in [0.25, 0.3) is 0 Å². The third kappa shape index (κ3) is 7.37. The van der Waals surface area contributed by atoms with Crippen molar-refractivity contribution < 1.29 is 0 Å². The maximum atomic E-state index is 7.85. The van der Waals surface area contributed by atoms with Crippen LogP contribution in [0.5, 0.6) is 0 Å². The molecule has 2 heteroatoms. The molecule has 1 atom stereocenters. The van der Waals surface area contributed by atoms with E-state index in [-0.39, 0.29) is 0 Å². The Morgan fingerprint density at radius 2 is 1.75 bits per heavy atom. The van der Waals surface area contributed by atoms with Crippen LogP contribution in [0.1, 0.15) is 56.7 Å². The third-order valence-electron chi connectivity index (χ3n) is 5.99. The molecule has 2 rings (SSSR count). The molecule has 0 aromatic heterocycles. The zero-order valence-electron chi connectivity index (χ0n) is 20.2. The molecule has 2 aromatic rings. The molecule has 0 aliphatic rings. The van der Waals surface area contributed by atoms with Crippen LogP contribution in [0.15, 0.2) is 79.4 Å². The van der Waals surface area contributed by atoms with Crippen molar-refractivity contribution in [2.24, 2.45) is 5.92 Å². The Bertz CT molecular complexity index is 905. The first-order valence-corrected chi connectivity index (χ1v) is 12.0. The van der Waals surface area contributed by atoms with E-state index in [2.05, 4.69) is 81.3 Å². The van der Waals surface area contributed by atoms with Crippen molar-refractivity contribution in [2.45, 2.75) is 59.3 Å². The summed E-state index contributed by atoms with van der Waals surface area (Å²) in [5, 5.41) is 7.85. The van der Waals surface area contributed by atoms with Gasteiger partial charge in [-0.3, -0.25) is 0 Å². The van der Waals surface area contributed by atoms with Gasteiger partial charge < -0.3 is 10.3 Å². The lowest BCUT2D eigenvalue weighted by atomic mass is 9.91. The summed E-state index contributed by atoms with van der Waals surface area (Å²) >= 11 is 0. The van der Waals surface area contributed by atoms with Crippen molar-refractivity contribution in [1.29, 1.82) is 5.41 Å². The molecular weight excluding hydrogens is 388 g/mol. The van der Waals surface area contributed by atoms with Crippen molar-refractivity contribution in [2.75, 3.05) is 11.4 Å². The van der Waals surface area contributed by atoms with Crippen molar-refractivity contribution in [3.63, 3.8) is 0 Å². The SMILES string of the molecule is C=C/C=C(\C=N)CN(c1ccc(CC=C)cc1)c1ccc(CC)c(CC(C)CCCC)c1. The molecule has 0 amide bonds. The number of rotatable bonds is 14. The molecule has 2 nitrogen and oxygen atoms in total. The average molecular weight is 429 g/mol. The zero-order chi connectivity index (χ0) is 23.3. The van der Waals surface area contributed by atoms with Crippen molar-refractivity contribution in [1.82, 2.24) is 0 Å². The van der Waals surface area contributed by atoms with Gasteiger partial charge in [0.15, 0.2) is 0 Å². The summed E-state index contributed by atoms with van der Waals surface area (Å²) in [5.41, 5.74) is 7.37. The fraction of sp³-hybridized carbons (Fsp3) is 0.367. The molecular formula is C30H40N2. The zero-order valence-corrected chi connectivity index (χ0v) is 20.2. The van der Waals surface area contributed by atoms with E-state index in [9.17, 15) is 0 Å². The minimum Gasteiger partial charge on any atom is -0.337 e. The quantitative estimate of drug-likeness (QED) is 0.183. The molecule has 0 heterocycles. The Balaban J connectivity index is 2.45. The van der Waals surface area contributed by atoms with Crippen LogP contribution in [0.3, 0.4) is 0 Å². The summed E-state index contributed by atoms with van der Waals surface area (Å²) in [5.74, 6) is 0.680. The topological polar surface area (TPSA) is 27.1 Å². The number of hydrogen-bond acceptors (Lipinski definition) is 2. The van der Waals surface area contributed by atoms with Crippen LogP contribution in [0.2, 0.25) is 0 Å². The molecule has 170 valence electrons. The maximum absolute atomic E-state index is 7.85. The molecule has 1 unspecified atom stereocenters. The Labute approximate surface area is 195 Å². The third-order valence-corrected chi connectivity index (χ3v) is 5.99. The van der Waals surface area contributed by atoms with E-state index in [1.54, 1.807) is 6.08 Å². The number of benzene rings is 2. The molecule has 0 aliphatic carbocycles. The summed E-state index contributed by atoms with van der Waals surface area (Å²) in [6.07, 6.45) is 13.9. The van der Waals surface area contributed by atoms with E-state index in [1.165, 1.54) is 47.9 Å². The average Bonchev–Trinajstić information content (AvgIpc) is 2.81. The van der Waals surface area contributed by atoms with Crippen LogP contribution in [0, 0.1) is 11.3 Å². The summed E-state index contributed by atoms with van der Waals surface area (Å²) in [7, 11) is 0. The molecule has 32 heavy (non-hydrogen) atoms. The number of hydrogen-bond donors (Lipinski definition) is 1. The molecule has 0 fully saturated rings. The standard InChI is InChI=1S/C30H40N2/c1-6-10-13-24(5)20-28-21-30(19-16-27(28)9-4)32(23-26(22-31)12-8-3)29-17-14-25(11-7-2)15-18-29/h7-8,12,14-19,21-22,24,31H,2-3,6,9-11,13,20,23H2,1,4-5H3/b26-12+,31-22?. The molecule has 0 radical (unpaired) electrons. The second-order valence-corrected chi connectivity index (χ2v) is 8.63. The van der Waals surface area contributed by atoms with Crippen molar-refractivity contribution >= 4 is 17.6 Å². The second kappa shape index (κ2) is 13.5. The van der Waals surface area contributed by atoms with Crippen LogP contribution in [-0.2, 0) is 19.3 Å². The predicted octanol–water partition coefficient (Wildman–Crippen LogP) is 8.25. The summed E-state index contributed by atoms with van der Waals surface area (Å²) in [4.78, 5) is 2.30. The van der Waals surface area contributed by atoms with Gasteiger partial charge in [0.1, 0.15) is 0 Å². The first-order valence-electron chi connectivity index (χ1n) is 12.0. The highest BCUT2D eigenvalue weighted by Gasteiger charge is 2.15. The molecule has 0 saturated heterocycles.